The van der Waals surface area contributed by atoms with E-state index in [-0.39, 0.29) is 29.7 Å². The van der Waals surface area contributed by atoms with Crippen molar-refractivity contribution in [3.8, 4) is 5.75 Å². The molecule has 3 aliphatic rings. The molecule has 5 N–H and O–H groups in total. The maximum absolute atomic E-state index is 15.6. The summed E-state index contributed by atoms with van der Waals surface area (Å²) in [6.07, 6.45) is 5.84. The Balaban J connectivity index is 1.33. The Labute approximate surface area is 182 Å². The average Bonchev–Trinajstić information content (AvgIpc) is 3.35. The molecule has 31 heavy (non-hydrogen) atoms. The number of nitrogens with one attached hydrogen (secondary N) is 4. The fourth-order valence-electron chi connectivity index (χ4n) is 5.84. The number of hydrogen-bond acceptors (Lipinski definition) is 5. The van der Waals surface area contributed by atoms with Gasteiger partial charge in [-0.05, 0) is 68.9 Å². The third-order valence-corrected chi connectivity index (χ3v) is 7.25. The van der Waals surface area contributed by atoms with Crippen molar-refractivity contribution in [1.29, 1.82) is 0 Å². The van der Waals surface area contributed by atoms with Crippen molar-refractivity contribution in [2.24, 2.45) is 5.92 Å². The molecule has 1 aromatic carbocycles. The number of aryl methyl sites for hydroxylation is 1. The lowest BCUT2D eigenvalue weighted by Gasteiger charge is -2.36. The van der Waals surface area contributed by atoms with Gasteiger partial charge in [0.2, 0.25) is 0 Å². The number of aromatic hydroxyl groups is 1. The van der Waals surface area contributed by atoms with E-state index in [9.17, 15) is 5.11 Å². The standard InChI is InChI=1S/C24H32FN5O/c1-12-8-16(31)4-5-17(12)18-6-7-19-22(21(18)25)29-30-23(19)24-26-11-20(28-24)15-9-13(2)27-14(3)10-15/h4-5,8-9,11,13-14,18-19,21-23,27,29-31H,6-7,10H2,1-3H3,(H,26,28)/t13-,14-,18?,19?,21?,22?,23?/m1/s1. The minimum Gasteiger partial charge on any atom is -0.508 e. The number of phenolic OH excluding ortho intramolecular Hbond substituents is 1. The number of hydrazine groups is 1. The number of aromatic nitrogens is 2. The van der Waals surface area contributed by atoms with Crippen LogP contribution in [0.5, 0.6) is 5.75 Å². The number of rotatable bonds is 3. The summed E-state index contributed by atoms with van der Waals surface area (Å²) >= 11 is 0. The molecule has 1 aliphatic carbocycles. The van der Waals surface area contributed by atoms with E-state index in [1.165, 1.54) is 5.57 Å². The summed E-state index contributed by atoms with van der Waals surface area (Å²) in [6.45, 7) is 6.30. The summed E-state index contributed by atoms with van der Waals surface area (Å²) in [4.78, 5) is 8.18. The largest absolute Gasteiger partial charge is 0.508 e. The lowest BCUT2D eigenvalue weighted by Crippen LogP contribution is -2.45. The molecule has 1 saturated heterocycles. The van der Waals surface area contributed by atoms with Gasteiger partial charge in [-0.25, -0.2) is 14.8 Å². The normalized spacial score (nSPS) is 35.6. The van der Waals surface area contributed by atoms with E-state index in [1.54, 1.807) is 12.1 Å². The van der Waals surface area contributed by atoms with Gasteiger partial charge in [-0.1, -0.05) is 12.1 Å². The third kappa shape index (κ3) is 3.79. The summed E-state index contributed by atoms with van der Waals surface area (Å²) in [5.41, 5.74) is 10.8. The van der Waals surface area contributed by atoms with Crippen LogP contribution in [0.1, 0.15) is 67.7 Å². The van der Waals surface area contributed by atoms with Crippen LogP contribution < -0.4 is 16.2 Å². The fourth-order valence-corrected chi connectivity index (χ4v) is 5.84. The number of phenols is 1. The van der Waals surface area contributed by atoms with E-state index in [0.29, 0.717) is 12.1 Å². The summed E-state index contributed by atoms with van der Waals surface area (Å²) in [7, 11) is 0. The third-order valence-electron chi connectivity index (χ3n) is 7.25. The van der Waals surface area contributed by atoms with Gasteiger partial charge >= 0.3 is 0 Å². The second-order valence-electron chi connectivity index (χ2n) is 9.56. The first kappa shape index (κ1) is 20.7. The lowest BCUT2D eigenvalue weighted by atomic mass is 9.72. The number of halogens is 1. The van der Waals surface area contributed by atoms with Crippen molar-refractivity contribution in [3.05, 3.63) is 53.1 Å². The first-order valence-corrected chi connectivity index (χ1v) is 11.4. The van der Waals surface area contributed by atoms with Crippen molar-refractivity contribution in [1.82, 2.24) is 26.1 Å². The van der Waals surface area contributed by atoms with Gasteiger partial charge in [0, 0.05) is 23.9 Å². The molecule has 2 aromatic rings. The highest BCUT2D eigenvalue weighted by Gasteiger charge is 2.48. The van der Waals surface area contributed by atoms with Gasteiger partial charge < -0.3 is 15.4 Å². The van der Waals surface area contributed by atoms with Gasteiger partial charge in [0.1, 0.15) is 17.7 Å². The smallest absolute Gasteiger partial charge is 0.125 e. The molecule has 2 fully saturated rings. The maximum atomic E-state index is 15.6. The maximum Gasteiger partial charge on any atom is 0.125 e. The summed E-state index contributed by atoms with van der Waals surface area (Å²) in [6, 6.07) is 5.73. The topological polar surface area (TPSA) is 85.0 Å². The van der Waals surface area contributed by atoms with Crippen molar-refractivity contribution in [3.63, 3.8) is 0 Å². The number of fused-ring (bicyclic) bond motifs is 1. The molecule has 1 saturated carbocycles. The Hall–Kier alpha value is -2.22. The SMILES string of the molecule is Cc1cc(O)ccc1C1CCC2C(c3ncc(C4=C[C@@H](C)N[C@H](C)C4)[nH]3)NNC2C1F. The molecule has 0 amide bonds. The van der Waals surface area contributed by atoms with Crippen LogP contribution in [0.15, 0.2) is 30.5 Å². The fraction of sp³-hybridized carbons (Fsp3) is 0.542. The molecule has 7 atom stereocenters. The molecule has 5 unspecified atom stereocenters. The second-order valence-corrected chi connectivity index (χ2v) is 9.56. The monoisotopic (exact) mass is 425 g/mol. The minimum absolute atomic E-state index is 0.0315. The van der Waals surface area contributed by atoms with Crippen LogP contribution in [0.4, 0.5) is 4.39 Å². The molecule has 3 heterocycles. The predicted octanol–water partition coefficient (Wildman–Crippen LogP) is 3.63. The van der Waals surface area contributed by atoms with Gasteiger partial charge in [-0.2, -0.15) is 0 Å². The lowest BCUT2D eigenvalue weighted by molar-refractivity contribution is 0.135. The number of imidazole rings is 1. The highest BCUT2D eigenvalue weighted by molar-refractivity contribution is 5.64. The molecule has 166 valence electrons. The summed E-state index contributed by atoms with van der Waals surface area (Å²) in [5, 5.41) is 13.2. The van der Waals surface area contributed by atoms with E-state index >= 15 is 4.39 Å². The van der Waals surface area contributed by atoms with Crippen molar-refractivity contribution >= 4 is 5.57 Å². The van der Waals surface area contributed by atoms with Gasteiger partial charge in [-0.15, -0.1) is 0 Å². The zero-order chi connectivity index (χ0) is 21.7. The molecule has 2 aliphatic heterocycles. The Kier molecular flexibility index (Phi) is 5.36. The molecular formula is C24H32FN5O. The van der Waals surface area contributed by atoms with Crippen LogP contribution in [0.3, 0.4) is 0 Å². The minimum atomic E-state index is -0.997. The van der Waals surface area contributed by atoms with Gasteiger partial charge in [0.25, 0.3) is 0 Å². The molecule has 6 nitrogen and oxygen atoms in total. The Morgan fingerprint density at radius 3 is 2.77 bits per heavy atom. The Morgan fingerprint density at radius 2 is 2.00 bits per heavy atom. The highest BCUT2D eigenvalue weighted by atomic mass is 19.1. The molecule has 7 heteroatoms. The first-order valence-electron chi connectivity index (χ1n) is 11.4. The van der Waals surface area contributed by atoms with Gasteiger partial charge in [0.15, 0.2) is 0 Å². The van der Waals surface area contributed by atoms with Gasteiger partial charge in [-0.3, -0.25) is 5.43 Å². The predicted molar refractivity (Wildman–Crippen MR) is 119 cm³/mol. The van der Waals surface area contributed by atoms with E-state index < -0.39 is 6.17 Å². The molecule has 0 radical (unpaired) electrons. The van der Waals surface area contributed by atoms with Crippen LogP contribution in [-0.2, 0) is 0 Å². The van der Waals surface area contributed by atoms with Crippen LogP contribution in [0, 0.1) is 12.8 Å². The first-order chi connectivity index (χ1) is 14.9. The molecule has 0 spiro atoms. The zero-order valence-electron chi connectivity index (χ0n) is 18.3. The average molecular weight is 426 g/mol. The van der Waals surface area contributed by atoms with Crippen molar-refractivity contribution < 1.29 is 9.50 Å². The highest BCUT2D eigenvalue weighted by Crippen LogP contribution is 2.45. The number of nitrogens with zero attached hydrogens (tertiary/aromatic N) is 1. The van der Waals surface area contributed by atoms with Crippen LogP contribution >= 0.6 is 0 Å². The molecule has 5 rings (SSSR count). The Morgan fingerprint density at radius 1 is 1.16 bits per heavy atom. The van der Waals surface area contributed by atoms with E-state index in [0.717, 1.165) is 41.9 Å². The summed E-state index contributed by atoms with van der Waals surface area (Å²) < 4.78 is 15.6. The molecule has 1 aromatic heterocycles. The number of alkyl halides is 1. The van der Waals surface area contributed by atoms with E-state index in [4.69, 9.17) is 0 Å². The summed E-state index contributed by atoms with van der Waals surface area (Å²) in [5.74, 6) is 1.08. The van der Waals surface area contributed by atoms with Crippen molar-refractivity contribution in [2.45, 2.75) is 76.3 Å². The number of benzene rings is 1. The van der Waals surface area contributed by atoms with Gasteiger partial charge in [0.05, 0.1) is 24.0 Å². The van der Waals surface area contributed by atoms with Crippen molar-refractivity contribution in [2.75, 3.05) is 0 Å². The number of hydrogen-bond donors (Lipinski definition) is 5. The molecular weight excluding hydrogens is 393 g/mol. The van der Waals surface area contributed by atoms with Crippen LogP contribution in [0.2, 0.25) is 0 Å². The van der Waals surface area contributed by atoms with E-state index in [2.05, 4.69) is 46.1 Å². The number of aromatic amines is 1. The molecule has 0 bridgehead atoms. The second kappa shape index (κ2) is 8.04. The van der Waals surface area contributed by atoms with Crippen LogP contribution in [0.25, 0.3) is 5.57 Å². The van der Waals surface area contributed by atoms with E-state index in [1.807, 2.05) is 19.2 Å². The zero-order valence-corrected chi connectivity index (χ0v) is 18.3. The Bertz CT molecular complexity index is 988. The number of H-pyrrole nitrogens is 1. The quantitative estimate of drug-likeness (QED) is 0.519. The van der Waals surface area contributed by atoms with Crippen LogP contribution in [-0.4, -0.2) is 39.4 Å².